The summed E-state index contributed by atoms with van der Waals surface area (Å²) in [5.41, 5.74) is 2.35. The van der Waals surface area contributed by atoms with E-state index in [4.69, 9.17) is 25.4 Å². The quantitative estimate of drug-likeness (QED) is 0.569. The van der Waals surface area contributed by atoms with Gasteiger partial charge < -0.3 is 9.47 Å². The number of hydrogen-bond donors (Lipinski definition) is 0. The number of rotatable bonds is 7. The van der Waals surface area contributed by atoms with Crippen LogP contribution < -0.4 is 4.74 Å². The monoisotopic (exact) mass is 317 g/mol. The maximum Gasteiger partial charge on any atom is 0.234 e. The normalized spacial score (nSPS) is 11.1. The maximum absolute atomic E-state index is 10.7. The Kier molecular flexibility index (Phi) is 6.27. The van der Waals surface area contributed by atoms with Gasteiger partial charge in [-0.3, -0.25) is 0 Å². The van der Waals surface area contributed by atoms with Crippen molar-refractivity contribution in [2.45, 2.75) is 13.8 Å². The lowest BCUT2D eigenvalue weighted by Crippen LogP contribution is -2.12. The van der Waals surface area contributed by atoms with Crippen molar-refractivity contribution < 1.29 is 17.9 Å². The molecule has 0 saturated carbocycles. The van der Waals surface area contributed by atoms with Gasteiger partial charge in [0.15, 0.2) is 0 Å². The van der Waals surface area contributed by atoms with Crippen molar-refractivity contribution in [3.05, 3.63) is 28.8 Å². The van der Waals surface area contributed by atoms with E-state index in [0.29, 0.717) is 12.2 Å². The molecule has 1 aromatic rings. The SMILES string of the molecule is Cc1cc(C#N)cc(C)c1OCCOCCS(=O)(=O)Cl. The van der Waals surface area contributed by atoms with E-state index in [1.807, 2.05) is 13.8 Å². The third-order valence-corrected chi connectivity index (χ3v) is 3.65. The molecule has 0 aliphatic carbocycles. The summed E-state index contributed by atoms with van der Waals surface area (Å²) in [5.74, 6) is 0.501. The second-order valence-electron chi connectivity index (χ2n) is 4.25. The fraction of sp³-hybridized carbons (Fsp3) is 0.462. The van der Waals surface area contributed by atoms with E-state index < -0.39 is 9.05 Å². The van der Waals surface area contributed by atoms with Crippen LogP contribution in [0, 0.1) is 25.2 Å². The van der Waals surface area contributed by atoms with Crippen LogP contribution in [0.2, 0.25) is 0 Å². The summed E-state index contributed by atoms with van der Waals surface area (Å²) in [5, 5.41) is 8.85. The Morgan fingerprint density at radius 3 is 2.30 bits per heavy atom. The van der Waals surface area contributed by atoms with Gasteiger partial charge in [-0.25, -0.2) is 8.42 Å². The number of nitrogens with zero attached hydrogens (tertiary/aromatic N) is 1. The zero-order valence-corrected chi connectivity index (χ0v) is 12.9. The van der Waals surface area contributed by atoms with Gasteiger partial charge in [0.25, 0.3) is 0 Å². The largest absolute Gasteiger partial charge is 0.491 e. The molecule has 0 radical (unpaired) electrons. The first-order chi connectivity index (χ1) is 9.33. The highest BCUT2D eigenvalue weighted by atomic mass is 35.7. The number of aryl methyl sites for hydroxylation is 2. The second kappa shape index (κ2) is 7.48. The lowest BCUT2D eigenvalue weighted by atomic mass is 10.1. The minimum Gasteiger partial charge on any atom is -0.491 e. The Labute approximate surface area is 123 Å². The average Bonchev–Trinajstić information content (AvgIpc) is 2.34. The summed E-state index contributed by atoms with van der Waals surface area (Å²) in [6.07, 6.45) is 0. The minimum absolute atomic E-state index is 0.0422. The molecule has 0 atom stereocenters. The van der Waals surface area contributed by atoms with Gasteiger partial charge >= 0.3 is 0 Å². The van der Waals surface area contributed by atoms with Gasteiger partial charge in [0.05, 0.1) is 30.6 Å². The lowest BCUT2D eigenvalue weighted by Gasteiger charge is -2.12. The van der Waals surface area contributed by atoms with Gasteiger partial charge in [-0.2, -0.15) is 5.26 Å². The summed E-state index contributed by atoms with van der Waals surface area (Å²) >= 11 is 0. The molecule has 0 amide bonds. The Balaban J connectivity index is 2.42. The van der Waals surface area contributed by atoms with Crippen LogP contribution in [0.3, 0.4) is 0 Å². The predicted molar refractivity (Wildman–Crippen MR) is 76.6 cm³/mol. The highest BCUT2D eigenvalue weighted by Gasteiger charge is 2.07. The molecule has 0 aliphatic rings. The highest BCUT2D eigenvalue weighted by Crippen LogP contribution is 2.24. The lowest BCUT2D eigenvalue weighted by molar-refractivity contribution is 0.111. The molecule has 0 heterocycles. The van der Waals surface area contributed by atoms with E-state index in [-0.39, 0.29) is 19.0 Å². The summed E-state index contributed by atoms with van der Waals surface area (Å²) in [7, 11) is 1.54. The third-order valence-electron chi connectivity index (χ3n) is 2.53. The molecule has 0 bridgehead atoms. The number of benzene rings is 1. The number of halogens is 1. The van der Waals surface area contributed by atoms with Gasteiger partial charge in [-0.05, 0) is 37.1 Å². The van der Waals surface area contributed by atoms with E-state index in [0.717, 1.165) is 16.9 Å². The van der Waals surface area contributed by atoms with Gasteiger partial charge in [0.2, 0.25) is 9.05 Å². The smallest absolute Gasteiger partial charge is 0.234 e. The molecule has 110 valence electrons. The molecule has 0 saturated heterocycles. The average molecular weight is 318 g/mol. The molecule has 0 aliphatic heterocycles. The van der Waals surface area contributed by atoms with Crippen LogP contribution in [0.4, 0.5) is 0 Å². The molecule has 0 unspecified atom stereocenters. The Hall–Kier alpha value is -1.29. The van der Waals surface area contributed by atoms with E-state index in [9.17, 15) is 8.42 Å². The van der Waals surface area contributed by atoms with Crippen LogP contribution in [0.5, 0.6) is 5.75 Å². The van der Waals surface area contributed by atoms with Crippen molar-refractivity contribution in [1.29, 1.82) is 5.26 Å². The molecule has 0 aromatic heterocycles. The van der Waals surface area contributed by atoms with E-state index >= 15 is 0 Å². The van der Waals surface area contributed by atoms with Crippen molar-refractivity contribution in [3.63, 3.8) is 0 Å². The van der Waals surface area contributed by atoms with Crippen LogP contribution >= 0.6 is 10.7 Å². The first kappa shape index (κ1) is 16.8. The molecular formula is C13H16ClNO4S. The summed E-state index contributed by atoms with van der Waals surface area (Å²) < 4.78 is 32.0. The number of hydrogen-bond acceptors (Lipinski definition) is 5. The first-order valence-corrected chi connectivity index (χ1v) is 8.45. The van der Waals surface area contributed by atoms with Crippen LogP contribution in [0.25, 0.3) is 0 Å². The molecule has 5 nitrogen and oxygen atoms in total. The zero-order valence-electron chi connectivity index (χ0n) is 11.3. The minimum atomic E-state index is -3.51. The highest BCUT2D eigenvalue weighted by molar-refractivity contribution is 8.13. The Morgan fingerprint density at radius 2 is 1.80 bits per heavy atom. The van der Waals surface area contributed by atoms with Crippen molar-refractivity contribution >= 4 is 19.7 Å². The van der Waals surface area contributed by atoms with Crippen molar-refractivity contribution in [2.24, 2.45) is 0 Å². The molecular weight excluding hydrogens is 302 g/mol. The summed E-state index contributed by atoms with van der Waals surface area (Å²) in [4.78, 5) is 0. The molecule has 20 heavy (non-hydrogen) atoms. The van der Waals surface area contributed by atoms with Crippen LogP contribution in [-0.4, -0.2) is 34.0 Å². The van der Waals surface area contributed by atoms with E-state index in [1.165, 1.54) is 0 Å². The number of ether oxygens (including phenoxy) is 2. The molecule has 0 N–H and O–H groups in total. The Morgan fingerprint density at radius 1 is 1.20 bits per heavy atom. The zero-order chi connectivity index (χ0) is 15.2. The molecule has 1 aromatic carbocycles. The van der Waals surface area contributed by atoms with Crippen LogP contribution in [0.15, 0.2) is 12.1 Å². The molecule has 0 spiro atoms. The van der Waals surface area contributed by atoms with E-state index in [1.54, 1.807) is 12.1 Å². The molecule has 1 rings (SSSR count). The second-order valence-corrected chi connectivity index (χ2v) is 7.15. The summed E-state index contributed by atoms with van der Waals surface area (Å²) in [6.45, 7) is 4.34. The van der Waals surface area contributed by atoms with Gasteiger partial charge in [-0.1, -0.05) is 0 Å². The van der Waals surface area contributed by atoms with Crippen LogP contribution in [0.1, 0.15) is 16.7 Å². The third kappa shape index (κ3) is 5.78. The van der Waals surface area contributed by atoms with Gasteiger partial charge in [0, 0.05) is 10.7 Å². The molecule has 7 heteroatoms. The number of nitriles is 1. The van der Waals surface area contributed by atoms with E-state index in [2.05, 4.69) is 6.07 Å². The topological polar surface area (TPSA) is 76.4 Å². The maximum atomic E-state index is 10.7. The fourth-order valence-electron chi connectivity index (χ4n) is 1.71. The standard InChI is InChI=1S/C13H16ClNO4S/c1-10-7-12(9-15)8-11(2)13(10)19-4-3-18-5-6-20(14,16)17/h7-8H,3-6H2,1-2H3. The fourth-order valence-corrected chi connectivity index (χ4v) is 2.21. The molecule has 0 fully saturated rings. The van der Waals surface area contributed by atoms with Crippen molar-refractivity contribution in [3.8, 4) is 11.8 Å². The van der Waals surface area contributed by atoms with Crippen molar-refractivity contribution in [1.82, 2.24) is 0 Å². The predicted octanol–water partition coefficient (Wildman–Crippen LogP) is 2.14. The van der Waals surface area contributed by atoms with Crippen LogP contribution in [-0.2, 0) is 13.8 Å². The first-order valence-electron chi connectivity index (χ1n) is 5.97. The van der Waals surface area contributed by atoms with Gasteiger partial charge in [0.1, 0.15) is 12.4 Å². The van der Waals surface area contributed by atoms with Crippen molar-refractivity contribution in [2.75, 3.05) is 25.6 Å². The van der Waals surface area contributed by atoms with Gasteiger partial charge in [-0.15, -0.1) is 0 Å². The summed E-state index contributed by atoms with van der Waals surface area (Å²) in [6, 6.07) is 5.59. The Bertz CT molecular complexity index is 584.